The molecule has 20 heteroatoms. The average Bonchev–Trinajstić information content (AvgIpc) is 3.46. The van der Waals surface area contributed by atoms with Crippen LogP contribution in [0.2, 0.25) is 0 Å². The van der Waals surface area contributed by atoms with E-state index in [1.165, 1.54) is 19.2 Å². The molecule has 7 N–H and O–H groups in total. The summed E-state index contributed by atoms with van der Waals surface area (Å²) < 4.78 is 44.8. The van der Waals surface area contributed by atoms with E-state index in [-0.39, 0.29) is 10.8 Å². The van der Waals surface area contributed by atoms with E-state index < -0.39 is 58.2 Å². The van der Waals surface area contributed by atoms with Gasteiger partial charge in [0.05, 0.1) is 12.1 Å². The first-order valence-corrected chi connectivity index (χ1v) is 16.4. The Bertz CT molecular complexity index is 1800. The zero-order valence-electron chi connectivity index (χ0n) is 26.0. The summed E-state index contributed by atoms with van der Waals surface area (Å²) in [6.07, 6.45) is 0.296. The molecule has 0 aliphatic carbocycles. The van der Waals surface area contributed by atoms with Crippen LogP contribution in [0, 0.1) is 0 Å². The Labute approximate surface area is 279 Å². The topological polar surface area (TPSA) is 265 Å². The van der Waals surface area contributed by atoms with E-state index in [4.69, 9.17) is 21.0 Å². The molecular formula is C28H34N8O10S2. The maximum atomic E-state index is 13.2. The number of carbonyl (C=O) groups excluding carboxylic acids is 2. The van der Waals surface area contributed by atoms with Crippen molar-refractivity contribution in [2.75, 3.05) is 25.4 Å². The number of oxime groups is 1. The molecule has 258 valence electrons. The van der Waals surface area contributed by atoms with Gasteiger partial charge in [0.25, 0.3) is 17.9 Å². The minimum absolute atomic E-state index is 0.0524. The highest BCUT2D eigenvalue weighted by molar-refractivity contribution is 7.80. The second kappa shape index (κ2) is 15.0. The summed E-state index contributed by atoms with van der Waals surface area (Å²) in [5, 5.41) is 20.8. The molecule has 0 bridgehead atoms. The van der Waals surface area contributed by atoms with E-state index in [0.717, 1.165) is 28.2 Å². The fourth-order valence-electron chi connectivity index (χ4n) is 4.51. The molecule has 1 fully saturated rings. The summed E-state index contributed by atoms with van der Waals surface area (Å²) in [6.45, 7) is 4.09. The number of amides is 2. The number of benzene rings is 1. The van der Waals surface area contributed by atoms with Crippen LogP contribution in [-0.4, -0.2) is 89.0 Å². The van der Waals surface area contributed by atoms with Crippen LogP contribution in [0.5, 0.6) is 5.75 Å². The molecule has 4 rings (SSSR count). The predicted octanol–water partition coefficient (Wildman–Crippen LogP) is -0.985. The monoisotopic (exact) mass is 706 g/mol. The third kappa shape index (κ3) is 8.79. The van der Waals surface area contributed by atoms with E-state index in [1.54, 1.807) is 12.1 Å². The number of pyridine rings is 1. The minimum atomic E-state index is -5.27. The molecule has 3 heterocycles. The third-order valence-corrected chi connectivity index (χ3v) is 8.11. The van der Waals surface area contributed by atoms with Crippen LogP contribution >= 0.6 is 11.3 Å². The minimum Gasteiger partial charge on any atom is -0.724 e. The van der Waals surface area contributed by atoms with E-state index in [2.05, 4.69) is 25.1 Å². The molecule has 2 amide bonds. The summed E-state index contributed by atoms with van der Waals surface area (Å²) >= 11 is 0.953. The Balaban J connectivity index is 1.43. The van der Waals surface area contributed by atoms with Gasteiger partial charge in [-0.3, -0.25) is 9.59 Å². The number of carboxylic acids is 1. The highest BCUT2D eigenvalue weighted by Gasteiger charge is 2.57. The van der Waals surface area contributed by atoms with Gasteiger partial charge in [-0.1, -0.05) is 17.3 Å². The van der Waals surface area contributed by atoms with E-state index in [9.17, 15) is 32.5 Å². The molecule has 1 aliphatic rings. The second-order valence-corrected chi connectivity index (χ2v) is 12.8. The second-order valence-electron chi connectivity index (χ2n) is 10.9. The highest BCUT2D eigenvalue weighted by Crippen LogP contribution is 2.33. The molecule has 0 radical (unpaired) electrons. The Kier molecular flexibility index (Phi) is 11.3. The number of rotatable bonds is 16. The van der Waals surface area contributed by atoms with Crippen molar-refractivity contribution in [3.63, 3.8) is 0 Å². The quantitative estimate of drug-likeness (QED) is 0.0228. The number of hydrogen-bond acceptors (Lipinski definition) is 15. The van der Waals surface area contributed by atoms with Gasteiger partial charge in [-0.2, -0.15) is 9.35 Å². The average molecular weight is 707 g/mol. The lowest BCUT2D eigenvalue weighted by Gasteiger charge is -2.51. The molecular weight excluding hydrogens is 672 g/mol. The SMILES string of the molecule is C[n+]1cc(-c2ccc(OC[C@H](O/N=C(\C(=O)N[C@@H]3C(=O)N(OS(=O)(=O)[O-])C3(C)C)c3csc(N)n3)C(=O)O)cc2)ccc1CNCCN. The number of ether oxygens (including phenoxy) is 1. The first kappa shape index (κ1) is 36.1. The Hall–Kier alpha value is -4.73. The van der Waals surface area contributed by atoms with E-state index >= 15 is 0 Å². The van der Waals surface area contributed by atoms with Crippen LogP contribution in [0.3, 0.4) is 0 Å². The van der Waals surface area contributed by atoms with E-state index in [0.29, 0.717) is 30.4 Å². The molecule has 48 heavy (non-hydrogen) atoms. The number of hydroxylamine groups is 2. The number of β-lactam (4-membered cyclic amide) rings is 1. The highest BCUT2D eigenvalue weighted by atomic mass is 32.3. The van der Waals surface area contributed by atoms with Crippen LogP contribution in [0.1, 0.15) is 25.2 Å². The standard InChI is InChI=1S/C28H34N8O10S2/c1-28(2)23(25(38)36(28)46-48(41,42)43)33-24(37)22(20-15-47-27(30)32-20)34-45-21(26(39)40)14-44-19-8-5-16(6-9-19)17-4-7-18(35(3)13-17)12-31-11-10-29/h4-9,13,15,21,23,31H,10-12,14,29H2,1-3H3,(H4-,30,32,33,37,39,40,41,42,43)/b34-22-/t21-,23+/m0/s1. The smallest absolute Gasteiger partial charge is 0.351 e. The van der Waals surface area contributed by atoms with Gasteiger partial charge >= 0.3 is 5.97 Å². The molecule has 0 saturated carbocycles. The Morgan fingerprint density at radius 2 is 1.92 bits per heavy atom. The Morgan fingerprint density at radius 1 is 1.23 bits per heavy atom. The number of aryl methyl sites for hydroxylation is 1. The number of nitrogens with zero attached hydrogens (tertiary/aromatic N) is 4. The van der Waals surface area contributed by atoms with Gasteiger partial charge in [0.1, 0.15) is 31.1 Å². The maximum absolute atomic E-state index is 13.2. The van der Waals surface area contributed by atoms with Crippen molar-refractivity contribution in [2.45, 2.75) is 38.1 Å². The lowest BCUT2D eigenvalue weighted by Crippen LogP contribution is -2.76. The number of nitrogen functional groups attached to an aromatic ring is 1. The normalized spacial score (nSPS) is 16.6. The van der Waals surface area contributed by atoms with Crippen molar-refractivity contribution in [1.29, 1.82) is 0 Å². The van der Waals surface area contributed by atoms with Gasteiger partial charge in [-0.25, -0.2) is 22.8 Å². The fourth-order valence-corrected chi connectivity index (χ4v) is 5.50. The number of aromatic nitrogens is 2. The molecule has 0 spiro atoms. The third-order valence-electron chi connectivity index (χ3n) is 7.10. The Morgan fingerprint density at radius 3 is 2.48 bits per heavy atom. The first-order chi connectivity index (χ1) is 22.6. The number of nitrogens with two attached hydrogens (primary N) is 2. The van der Waals surface area contributed by atoms with E-state index in [1.807, 2.05) is 42.1 Å². The number of thiazole rings is 1. The molecule has 3 aromatic rings. The molecule has 2 aromatic heterocycles. The van der Waals surface area contributed by atoms with Crippen LogP contribution < -0.4 is 31.4 Å². The van der Waals surface area contributed by atoms with Crippen molar-refractivity contribution in [2.24, 2.45) is 17.9 Å². The fraction of sp³-hybridized carbons (Fsp3) is 0.357. The first-order valence-electron chi connectivity index (χ1n) is 14.2. The largest absolute Gasteiger partial charge is 0.724 e. The molecule has 0 unspecified atom stereocenters. The van der Waals surface area contributed by atoms with Gasteiger partial charge in [0, 0.05) is 30.1 Å². The van der Waals surface area contributed by atoms with Crippen molar-refractivity contribution in [3.05, 3.63) is 59.4 Å². The van der Waals surface area contributed by atoms with Crippen LogP contribution in [0.15, 0.2) is 53.1 Å². The van der Waals surface area contributed by atoms with Crippen molar-refractivity contribution >= 4 is 50.4 Å². The van der Waals surface area contributed by atoms with Crippen LogP contribution in [-0.2, 0) is 47.5 Å². The summed E-state index contributed by atoms with van der Waals surface area (Å²) in [5.41, 5.74) is 12.0. The number of aliphatic carboxylic acids is 1. The number of carbonyl (C=O) groups is 3. The maximum Gasteiger partial charge on any atom is 0.351 e. The molecule has 1 saturated heterocycles. The van der Waals surface area contributed by atoms with Crippen molar-refractivity contribution in [3.8, 4) is 16.9 Å². The lowest BCUT2D eigenvalue weighted by molar-refractivity contribution is -0.678. The zero-order valence-corrected chi connectivity index (χ0v) is 27.6. The van der Waals surface area contributed by atoms with Crippen molar-refractivity contribution < 1.29 is 50.9 Å². The summed E-state index contributed by atoms with van der Waals surface area (Å²) in [6, 6.07) is 9.57. The molecule has 1 aromatic carbocycles. The van der Waals surface area contributed by atoms with Crippen LogP contribution in [0.25, 0.3) is 11.1 Å². The van der Waals surface area contributed by atoms with Gasteiger partial charge in [-0.05, 0) is 37.6 Å². The molecule has 18 nitrogen and oxygen atoms in total. The predicted molar refractivity (Wildman–Crippen MR) is 169 cm³/mol. The van der Waals surface area contributed by atoms with Crippen LogP contribution in [0.4, 0.5) is 5.13 Å². The zero-order chi connectivity index (χ0) is 35.2. The summed E-state index contributed by atoms with van der Waals surface area (Å²) in [5.74, 6) is -3.18. The number of hydrogen-bond donors (Lipinski definition) is 5. The summed E-state index contributed by atoms with van der Waals surface area (Å²) in [4.78, 5) is 46.8. The van der Waals surface area contributed by atoms with Gasteiger partial charge in [-0.15, -0.1) is 11.3 Å². The van der Waals surface area contributed by atoms with Gasteiger partial charge < -0.3 is 41.3 Å². The lowest BCUT2D eigenvalue weighted by atomic mass is 9.84. The summed E-state index contributed by atoms with van der Waals surface area (Å²) in [7, 11) is -3.33. The molecule has 2 atom stereocenters. The van der Waals surface area contributed by atoms with Gasteiger partial charge in [0.15, 0.2) is 22.7 Å². The number of nitrogens with one attached hydrogen (secondary N) is 2. The van der Waals surface area contributed by atoms with Crippen molar-refractivity contribution in [1.82, 2.24) is 20.7 Å². The molecule has 1 aliphatic heterocycles. The number of carboxylic acid groups (broad SMARTS) is 1. The number of anilines is 1. The van der Waals surface area contributed by atoms with Gasteiger partial charge in [0.2, 0.25) is 10.4 Å².